The maximum atomic E-state index is 13.2. The molecule has 0 aliphatic carbocycles. The van der Waals surface area contributed by atoms with Crippen molar-refractivity contribution in [2.24, 2.45) is 0 Å². The van der Waals surface area contributed by atoms with Gasteiger partial charge >= 0.3 is 0 Å². The SMILES string of the molecule is Fc1cc(Oc2cnccc2CCl)ccc1Cl. The number of alkyl halides is 1. The van der Waals surface area contributed by atoms with Gasteiger partial charge in [0.2, 0.25) is 0 Å². The number of benzene rings is 1. The van der Waals surface area contributed by atoms with Crippen LogP contribution in [0.25, 0.3) is 0 Å². The second kappa shape index (κ2) is 5.34. The van der Waals surface area contributed by atoms with E-state index < -0.39 is 5.82 Å². The van der Waals surface area contributed by atoms with Gasteiger partial charge in [0.25, 0.3) is 0 Å². The van der Waals surface area contributed by atoms with Crippen molar-refractivity contribution in [3.05, 3.63) is 53.1 Å². The highest BCUT2D eigenvalue weighted by Gasteiger charge is 2.06. The summed E-state index contributed by atoms with van der Waals surface area (Å²) in [4.78, 5) is 3.93. The number of rotatable bonds is 3. The molecule has 0 saturated carbocycles. The first-order valence-electron chi connectivity index (χ1n) is 4.82. The van der Waals surface area contributed by atoms with Crippen molar-refractivity contribution in [3.8, 4) is 11.5 Å². The van der Waals surface area contributed by atoms with Crippen LogP contribution < -0.4 is 4.74 Å². The van der Waals surface area contributed by atoms with E-state index in [9.17, 15) is 4.39 Å². The summed E-state index contributed by atoms with van der Waals surface area (Å²) in [5.74, 6) is 0.629. The number of hydrogen-bond acceptors (Lipinski definition) is 2. The van der Waals surface area contributed by atoms with Crippen LogP contribution in [-0.2, 0) is 5.88 Å². The highest BCUT2D eigenvalue weighted by atomic mass is 35.5. The topological polar surface area (TPSA) is 22.1 Å². The lowest BCUT2D eigenvalue weighted by Crippen LogP contribution is -1.91. The Kier molecular flexibility index (Phi) is 3.82. The van der Waals surface area contributed by atoms with Gasteiger partial charge in [-0.1, -0.05) is 11.6 Å². The Hall–Kier alpha value is -1.32. The van der Waals surface area contributed by atoms with Gasteiger partial charge in [-0.05, 0) is 18.2 Å². The molecule has 0 N–H and O–H groups in total. The molecule has 0 aliphatic heterocycles. The van der Waals surface area contributed by atoms with Crippen molar-refractivity contribution in [3.63, 3.8) is 0 Å². The van der Waals surface area contributed by atoms with Crippen molar-refractivity contribution >= 4 is 23.2 Å². The van der Waals surface area contributed by atoms with Crippen LogP contribution in [0.4, 0.5) is 4.39 Å². The maximum Gasteiger partial charge on any atom is 0.150 e. The summed E-state index contributed by atoms with van der Waals surface area (Å²) in [6, 6.07) is 5.97. The van der Waals surface area contributed by atoms with E-state index in [1.807, 2.05) is 0 Å². The molecule has 0 unspecified atom stereocenters. The van der Waals surface area contributed by atoms with E-state index in [4.69, 9.17) is 27.9 Å². The summed E-state index contributed by atoms with van der Waals surface area (Å²) in [7, 11) is 0. The molecule has 2 aromatic rings. The van der Waals surface area contributed by atoms with Gasteiger partial charge in [-0.15, -0.1) is 11.6 Å². The fraction of sp³-hybridized carbons (Fsp3) is 0.0833. The number of halogens is 3. The van der Waals surface area contributed by atoms with Crippen molar-refractivity contribution < 1.29 is 9.13 Å². The number of pyridine rings is 1. The highest BCUT2D eigenvalue weighted by Crippen LogP contribution is 2.27. The summed E-state index contributed by atoms with van der Waals surface area (Å²) < 4.78 is 18.7. The molecular formula is C12H8Cl2FNO. The Balaban J connectivity index is 2.28. The average Bonchev–Trinajstić information content (AvgIpc) is 2.34. The van der Waals surface area contributed by atoms with Gasteiger partial charge < -0.3 is 4.74 Å². The summed E-state index contributed by atoms with van der Waals surface area (Å²) in [6.45, 7) is 0. The van der Waals surface area contributed by atoms with Crippen LogP contribution in [0, 0.1) is 5.82 Å². The third kappa shape index (κ3) is 2.87. The molecule has 0 amide bonds. The van der Waals surface area contributed by atoms with Crippen LogP contribution in [0.5, 0.6) is 11.5 Å². The minimum atomic E-state index is -0.527. The largest absolute Gasteiger partial charge is 0.455 e. The molecule has 1 aromatic heterocycles. The van der Waals surface area contributed by atoms with Gasteiger partial charge in [0.1, 0.15) is 17.3 Å². The van der Waals surface area contributed by atoms with Crippen LogP contribution in [0.15, 0.2) is 36.7 Å². The zero-order valence-corrected chi connectivity index (χ0v) is 10.2. The predicted octanol–water partition coefficient (Wildman–Crippen LogP) is 4.41. The normalized spacial score (nSPS) is 10.3. The quantitative estimate of drug-likeness (QED) is 0.772. The predicted molar refractivity (Wildman–Crippen MR) is 65.3 cm³/mol. The van der Waals surface area contributed by atoms with Gasteiger partial charge in [0, 0.05) is 17.8 Å². The minimum Gasteiger partial charge on any atom is -0.455 e. The summed E-state index contributed by atoms with van der Waals surface area (Å²) in [5.41, 5.74) is 0.789. The van der Waals surface area contributed by atoms with Crippen LogP contribution >= 0.6 is 23.2 Å². The maximum absolute atomic E-state index is 13.2. The minimum absolute atomic E-state index is 0.0566. The van der Waals surface area contributed by atoms with Crippen molar-refractivity contribution in [2.75, 3.05) is 0 Å². The Morgan fingerprint density at radius 2 is 2.12 bits per heavy atom. The van der Waals surface area contributed by atoms with E-state index in [0.717, 1.165) is 5.56 Å². The molecule has 0 spiro atoms. The number of aromatic nitrogens is 1. The van der Waals surface area contributed by atoms with E-state index in [1.54, 1.807) is 18.3 Å². The molecule has 2 rings (SSSR count). The molecule has 17 heavy (non-hydrogen) atoms. The molecule has 88 valence electrons. The van der Waals surface area contributed by atoms with Gasteiger partial charge in [0.15, 0.2) is 0 Å². The zero-order chi connectivity index (χ0) is 12.3. The zero-order valence-electron chi connectivity index (χ0n) is 8.66. The first-order chi connectivity index (χ1) is 8.20. The molecule has 0 bridgehead atoms. The van der Waals surface area contributed by atoms with E-state index in [2.05, 4.69) is 4.98 Å². The molecule has 0 saturated heterocycles. The molecule has 5 heteroatoms. The molecule has 0 fully saturated rings. The molecule has 1 heterocycles. The third-order valence-corrected chi connectivity index (χ3v) is 2.73. The lowest BCUT2D eigenvalue weighted by molar-refractivity contribution is 0.470. The van der Waals surface area contributed by atoms with Gasteiger partial charge in [-0.3, -0.25) is 4.98 Å². The molecule has 0 atom stereocenters. The Labute approximate surface area is 108 Å². The Morgan fingerprint density at radius 3 is 2.82 bits per heavy atom. The summed E-state index contributed by atoms with van der Waals surface area (Å²) in [5, 5.41) is 0.0566. The van der Waals surface area contributed by atoms with Crippen LogP contribution in [0.3, 0.4) is 0 Å². The lowest BCUT2D eigenvalue weighted by atomic mass is 10.3. The Morgan fingerprint density at radius 1 is 1.29 bits per heavy atom. The van der Waals surface area contributed by atoms with Crippen molar-refractivity contribution in [2.45, 2.75) is 5.88 Å². The molecular weight excluding hydrogens is 264 g/mol. The monoisotopic (exact) mass is 271 g/mol. The molecule has 2 nitrogen and oxygen atoms in total. The highest BCUT2D eigenvalue weighted by molar-refractivity contribution is 6.30. The van der Waals surface area contributed by atoms with E-state index >= 15 is 0 Å². The first kappa shape index (κ1) is 12.1. The van der Waals surface area contributed by atoms with Crippen molar-refractivity contribution in [1.82, 2.24) is 4.98 Å². The molecule has 0 aliphatic rings. The van der Waals surface area contributed by atoms with Crippen LogP contribution in [-0.4, -0.2) is 4.98 Å². The van der Waals surface area contributed by atoms with Gasteiger partial charge in [0.05, 0.1) is 17.1 Å². The van der Waals surface area contributed by atoms with Gasteiger partial charge in [-0.2, -0.15) is 0 Å². The number of ether oxygens (including phenoxy) is 1. The fourth-order valence-electron chi connectivity index (χ4n) is 1.28. The third-order valence-electron chi connectivity index (χ3n) is 2.13. The van der Waals surface area contributed by atoms with E-state index in [0.29, 0.717) is 17.4 Å². The van der Waals surface area contributed by atoms with Gasteiger partial charge in [-0.25, -0.2) is 4.39 Å². The smallest absolute Gasteiger partial charge is 0.150 e. The van der Waals surface area contributed by atoms with Crippen LogP contribution in [0.1, 0.15) is 5.56 Å². The second-order valence-electron chi connectivity index (χ2n) is 3.30. The Bertz CT molecular complexity index is 534. The average molecular weight is 272 g/mol. The summed E-state index contributed by atoms with van der Waals surface area (Å²) >= 11 is 11.3. The van der Waals surface area contributed by atoms with Crippen LogP contribution in [0.2, 0.25) is 5.02 Å². The second-order valence-corrected chi connectivity index (χ2v) is 3.97. The first-order valence-corrected chi connectivity index (χ1v) is 5.73. The van der Waals surface area contributed by atoms with E-state index in [1.165, 1.54) is 18.3 Å². The number of nitrogens with zero attached hydrogens (tertiary/aromatic N) is 1. The summed E-state index contributed by atoms with van der Waals surface area (Å²) in [6.07, 6.45) is 3.15. The standard InChI is InChI=1S/C12H8Cl2FNO/c13-6-8-3-4-16-7-12(8)17-9-1-2-10(14)11(15)5-9/h1-5,7H,6H2. The fourth-order valence-corrected chi connectivity index (χ4v) is 1.62. The number of hydrogen-bond donors (Lipinski definition) is 0. The lowest BCUT2D eigenvalue weighted by Gasteiger charge is -2.08. The van der Waals surface area contributed by atoms with Crippen molar-refractivity contribution in [1.29, 1.82) is 0 Å². The molecule has 0 radical (unpaired) electrons. The molecule has 1 aromatic carbocycles. The van der Waals surface area contributed by atoms with E-state index in [-0.39, 0.29) is 5.02 Å².